The highest BCUT2D eigenvalue weighted by molar-refractivity contribution is 7.90. The fourth-order valence-corrected chi connectivity index (χ4v) is 1.53. The number of aromatic carboxylic acids is 1. The van der Waals surface area contributed by atoms with E-state index in [9.17, 15) is 18.3 Å². The number of hydrogen-bond acceptors (Lipinski definition) is 4. The van der Waals surface area contributed by atoms with Gasteiger partial charge in [-0.3, -0.25) is 0 Å². The molecule has 0 saturated carbocycles. The van der Waals surface area contributed by atoms with Crippen LogP contribution in [-0.4, -0.2) is 14.4 Å². The maximum absolute atomic E-state index is 11.1. The van der Waals surface area contributed by atoms with Crippen molar-refractivity contribution in [3.05, 3.63) is 40.3 Å². The molecule has 0 amide bonds. The zero-order valence-electron chi connectivity index (χ0n) is 7.19. The lowest BCUT2D eigenvalue weighted by molar-refractivity contribution is -0.255. The summed E-state index contributed by atoms with van der Waals surface area (Å²) in [5, 5.41) is 10.3. The minimum atomic E-state index is -4.06. The number of hydrogen-bond donors (Lipinski definition) is 0. The number of sulfonamides is 1. The molecule has 0 fully saturated rings. The molecule has 1 rings (SSSR count). The fraction of sp³-hybridized carbons (Fsp3) is 0. The third-order valence-electron chi connectivity index (χ3n) is 1.53. The summed E-state index contributed by atoms with van der Waals surface area (Å²) in [6, 6.07) is 4.15. The van der Waals surface area contributed by atoms with Crippen molar-refractivity contribution < 1.29 is 18.3 Å². The van der Waals surface area contributed by atoms with Crippen LogP contribution >= 0.6 is 0 Å². The van der Waals surface area contributed by atoms with E-state index >= 15 is 0 Å². The maximum Gasteiger partial charge on any atom is 0.264 e. The largest absolute Gasteiger partial charge is 0.545 e. The minimum Gasteiger partial charge on any atom is -0.545 e. The first-order valence-corrected chi connectivity index (χ1v) is 5.04. The summed E-state index contributed by atoms with van der Waals surface area (Å²) in [5.41, 5.74) is 7.82. The molecule has 1 aromatic carbocycles. The number of rotatable bonds is 3. The van der Waals surface area contributed by atoms with Crippen molar-refractivity contribution in [3.63, 3.8) is 0 Å². The lowest BCUT2D eigenvalue weighted by Crippen LogP contribution is -2.22. The van der Waals surface area contributed by atoms with Gasteiger partial charge >= 0.3 is 0 Å². The van der Waals surface area contributed by atoms with Crippen molar-refractivity contribution in [3.8, 4) is 0 Å². The molecular weight excluding hydrogens is 222 g/mol. The van der Waals surface area contributed by atoms with Gasteiger partial charge in [0, 0.05) is 9.43 Å². The summed E-state index contributed by atoms with van der Waals surface area (Å²) in [4.78, 5) is 12.2. The van der Waals surface area contributed by atoms with E-state index in [4.69, 9.17) is 5.53 Å². The molecule has 8 heteroatoms. The number of carboxylic acid groups (broad SMARTS) is 1. The van der Waals surface area contributed by atoms with E-state index in [1.807, 2.05) is 0 Å². The fourth-order valence-electron chi connectivity index (χ4n) is 0.858. The maximum atomic E-state index is 11.1. The minimum absolute atomic E-state index is 0.158. The zero-order chi connectivity index (χ0) is 11.5. The van der Waals surface area contributed by atoms with Crippen molar-refractivity contribution >= 4 is 16.0 Å². The number of benzene rings is 1. The Morgan fingerprint density at radius 2 is 1.87 bits per heavy atom. The Kier molecular flexibility index (Phi) is 2.93. The van der Waals surface area contributed by atoms with Gasteiger partial charge < -0.3 is 9.90 Å². The van der Waals surface area contributed by atoms with E-state index in [0.29, 0.717) is 0 Å². The van der Waals surface area contributed by atoms with Gasteiger partial charge in [-0.25, -0.2) is 8.42 Å². The average Bonchev–Trinajstić information content (AvgIpc) is 2.18. The Morgan fingerprint density at radius 3 is 2.27 bits per heavy atom. The molecule has 0 aromatic heterocycles. The summed E-state index contributed by atoms with van der Waals surface area (Å²) in [7, 11) is -4.06. The van der Waals surface area contributed by atoms with Crippen LogP contribution in [0.15, 0.2) is 33.7 Å². The van der Waals surface area contributed by atoms with Gasteiger partial charge in [-0.15, -0.1) is 0 Å². The van der Waals surface area contributed by atoms with Gasteiger partial charge in [0.15, 0.2) is 0 Å². The van der Waals surface area contributed by atoms with Crippen molar-refractivity contribution in [1.29, 1.82) is 0 Å². The molecule has 0 aliphatic carbocycles. The predicted octanol–water partition coefficient (Wildman–Crippen LogP) is 0.0491. The molecule has 0 radical (unpaired) electrons. The summed E-state index contributed by atoms with van der Waals surface area (Å²) in [6.07, 6.45) is 0. The van der Waals surface area contributed by atoms with Crippen LogP contribution in [0.2, 0.25) is 0 Å². The standard InChI is InChI=1S/C7H5N3O4S/c8-9-10-15(13,14)6-3-1-5(2-4-6)7(11)12/h1-4H,(H,11,12)/p-1. The van der Waals surface area contributed by atoms with Crippen molar-refractivity contribution in [2.45, 2.75) is 4.90 Å². The number of nitrogens with zero attached hydrogens (tertiary/aromatic N) is 3. The second-order valence-electron chi connectivity index (χ2n) is 2.46. The quantitative estimate of drug-likeness (QED) is 0.410. The Morgan fingerprint density at radius 1 is 1.33 bits per heavy atom. The Hall–Kier alpha value is -2.05. The number of carboxylic acids is 1. The molecule has 0 N–H and O–H groups in total. The summed E-state index contributed by atoms with van der Waals surface area (Å²) >= 11 is 0. The van der Waals surface area contributed by atoms with E-state index in [-0.39, 0.29) is 10.5 Å². The molecule has 1 aromatic rings. The average molecular weight is 226 g/mol. The molecule has 0 atom stereocenters. The van der Waals surface area contributed by atoms with Crippen LogP contribution in [-0.2, 0) is 10.0 Å². The lowest BCUT2D eigenvalue weighted by Gasteiger charge is -2.02. The molecule has 0 heterocycles. The van der Waals surface area contributed by atoms with Gasteiger partial charge in [0.05, 0.1) is 10.9 Å². The number of carbonyl (C=O) groups is 1. The monoisotopic (exact) mass is 226 g/mol. The van der Waals surface area contributed by atoms with Crippen LogP contribution in [0.4, 0.5) is 0 Å². The van der Waals surface area contributed by atoms with Crippen molar-refractivity contribution in [2.75, 3.05) is 0 Å². The first kappa shape index (κ1) is 11.0. The van der Waals surface area contributed by atoms with Crippen molar-refractivity contribution in [1.82, 2.24) is 0 Å². The van der Waals surface area contributed by atoms with Crippen LogP contribution in [0.1, 0.15) is 10.4 Å². The van der Waals surface area contributed by atoms with Gasteiger partial charge in [-0.1, -0.05) is 12.1 Å². The SMILES string of the molecule is [N-]=[N+]=NS(=O)(=O)c1ccc(C(=O)[O-])cc1. The van der Waals surface area contributed by atoms with Crippen LogP contribution in [0, 0.1) is 0 Å². The molecule has 0 saturated heterocycles. The number of carbonyl (C=O) groups excluding carboxylic acids is 1. The normalized spacial score (nSPS) is 10.4. The molecule has 0 aliphatic rings. The zero-order valence-corrected chi connectivity index (χ0v) is 8.01. The molecule has 0 bridgehead atoms. The molecular formula is C7H4N3O4S-. The van der Waals surface area contributed by atoms with E-state index in [1.54, 1.807) is 0 Å². The Bertz CT molecular complexity index is 528. The van der Waals surface area contributed by atoms with Gasteiger partial charge in [0.25, 0.3) is 10.0 Å². The highest BCUT2D eigenvalue weighted by atomic mass is 32.2. The smallest absolute Gasteiger partial charge is 0.264 e. The third kappa shape index (κ3) is 2.46. The number of azide groups is 1. The topological polar surface area (TPSA) is 123 Å². The summed E-state index contributed by atoms with van der Waals surface area (Å²) in [6.45, 7) is 0. The first-order valence-electron chi connectivity index (χ1n) is 3.60. The van der Waals surface area contributed by atoms with Crippen LogP contribution in [0.25, 0.3) is 10.4 Å². The van der Waals surface area contributed by atoms with Gasteiger partial charge in [0.2, 0.25) is 0 Å². The first-order chi connectivity index (χ1) is 6.97. The Labute approximate surface area is 84.6 Å². The van der Waals surface area contributed by atoms with Gasteiger partial charge in [0.1, 0.15) is 0 Å². The molecule has 78 valence electrons. The highest BCUT2D eigenvalue weighted by Gasteiger charge is 2.11. The van der Waals surface area contributed by atoms with Gasteiger partial charge in [-0.2, -0.15) is 0 Å². The molecule has 0 unspecified atom stereocenters. The van der Waals surface area contributed by atoms with Crippen LogP contribution in [0.5, 0.6) is 0 Å². The van der Waals surface area contributed by atoms with Gasteiger partial charge in [-0.05, 0) is 23.2 Å². The van der Waals surface area contributed by atoms with Crippen LogP contribution < -0.4 is 5.11 Å². The van der Waals surface area contributed by atoms with E-state index in [2.05, 4.69) is 9.43 Å². The predicted molar refractivity (Wildman–Crippen MR) is 47.1 cm³/mol. The molecule has 7 nitrogen and oxygen atoms in total. The molecule has 0 aliphatic heterocycles. The highest BCUT2D eigenvalue weighted by Crippen LogP contribution is 2.13. The summed E-state index contributed by atoms with van der Waals surface area (Å²) < 4.78 is 24.9. The van der Waals surface area contributed by atoms with E-state index < -0.39 is 16.0 Å². The second kappa shape index (κ2) is 3.99. The lowest BCUT2D eigenvalue weighted by atomic mass is 10.2. The molecule has 0 spiro atoms. The van der Waals surface area contributed by atoms with E-state index in [0.717, 1.165) is 24.3 Å². The Balaban J connectivity index is 3.21. The third-order valence-corrected chi connectivity index (χ3v) is 2.69. The molecule has 15 heavy (non-hydrogen) atoms. The van der Waals surface area contributed by atoms with E-state index in [1.165, 1.54) is 0 Å². The van der Waals surface area contributed by atoms with Crippen molar-refractivity contribution in [2.24, 2.45) is 4.52 Å². The second-order valence-corrected chi connectivity index (χ2v) is 4.04. The summed E-state index contributed by atoms with van der Waals surface area (Å²) in [5.74, 6) is -1.41. The van der Waals surface area contributed by atoms with Crippen LogP contribution in [0.3, 0.4) is 0 Å².